The molecule has 6 nitrogen and oxygen atoms in total. The highest BCUT2D eigenvalue weighted by Gasteiger charge is 2.71. The second-order valence-electron chi connectivity index (χ2n) is 6.84. The van der Waals surface area contributed by atoms with Crippen molar-refractivity contribution in [2.24, 2.45) is 10.2 Å². The van der Waals surface area contributed by atoms with Crippen LogP contribution >= 0.6 is 0 Å². The molecule has 0 fully saturated rings. The van der Waals surface area contributed by atoms with Crippen molar-refractivity contribution in [3.8, 4) is 0 Å². The van der Waals surface area contributed by atoms with Gasteiger partial charge in [0.15, 0.2) is 5.78 Å². The first-order valence-corrected chi connectivity index (χ1v) is 8.83. The molecular formula is C20H16F6N2O4. The van der Waals surface area contributed by atoms with Crippen LogP contribution in [0.1, 0.15) is 18.1 Å². The van der Waals surface area contributed by atoms with Crippen LogP contribution in [0.3, 0.4) is 0 Å². The van der Waals surface area contributed by atoms with Gasteiger partial charge < -0.3 is 10.2 Å². The van der Waals surface area contributed by atoms with Crippen LogP contribution in [-0.2, 0) is 21.6 Å². The summed E-state index contributed by atoms with van der Waals surface area (Å²) in [5, 5.41) is 26.1. The maximum absolute atomic E-state index is 13.0. The molecular weight excluding hydrogens is 446 g/mol. The normalized spacial score (nSPS) is 14.9. The van der Waals surface area contributed by atoms with E-state index in [1.54, 1.807) is 30.3 Å². The number of carboxylic acid groups (broad SMARTS) is 1. The van der Waals surface area contributed by atoms with E-state index in [1.165, 1.54) is 0 Å². The van der Waals surface area contributed by atoms with Crippen LogP contribution in [-0.4, -0.2) is 39.9 Å². The summed E-state index contributed by atoms with van der Waals surface area (Å²) in [4.78, 5) is 24.0. The van der Waals surface area contributed by atoms with Gasteiger partial charge in [-0.3, -0.25) is 4.79 Å². The summed E-state index contributed by atoms with van der Waals surface area (Å²) in [7, 11) is 0. The van der Waals surface area contributed by atoms with Gasteiger partial charge in [0.2, 0.25) is 5.54 Å². The van der Waals surface area contributed by atoms with Crippen molar-refractivity contribution in [2.45, 2.75) is 36.8 Å². The maximum atomic E-state index is 13.0. The number of hydrogen-bond acceptors (Lipinski definition) is 5. The molecule has 0 aliphatic rings. The van der Waals surface area contributed by atoms with Crippen molar-refractivity contribution in [2.75, 3.05) is 0 Å². The maximum Gasteiger partial charge on any atom is 0.430 e. The van der Waals surface area contributed by atoms with Crippen LogP contribution in [0.5, 0.6) is 0 Å². The van der Waals surface area contributed by atoms with E-state index in [1.807, 2.05) is 0 Å². The Balaban J connectivity index is 2.45. The summed E-state index contributed by atoms with van der Waals surface area (Å²) in [6, 6.07) is 9.96. The Morgan fingerprint density at radius 3 is 1.78 bits per heavy atom. The topological polar surface area (TPSA) is 99.3 Å². The van der Waals surface area contributed by atoms with Crippen LogP contribution in [0.15, 0.2) is 64.8 Å². The number of rotatable bonds is 7. The van der Waals surface area contributed by atoms with Gasteiger partial charge in [-0.15, -0.1) is 0 Å². The van der Waals surface area contributed by atoms with Crippen molar-refractivity contribution < 1.29 is 46.1 Å². The minimum atomic E-state index is -6.06. The van der Waals surface area contributed by atoms with Gasteiger partial charge in [-0.25, -0.2) is 4.79 Å². The molecule has 0 aromatic heterocycles. The Kier molecular flexibility index (Phi) is 6.79. The molecule has 2 aromatic rings. The summed E-state index contributed by atoms with van der Waals surface area (Å²) < 4.78 is 77.8. The Labute approximate surface area is 177 Å². The Morgan fingerprint density at radius 1 is 0.875 bits per heavy atom. The number of carbonyl (C=O) groups is 2. The quantitative estimate of drug-likeness (QED) is 0.353. The highest BCUT2D eigenvalue weighted by molar-refractivity contribution is 6.07. The number of carbonyl (C=O) groups excluding carboxylic acids is 1. The number of benzene rings is 2. The van der Waals surface area contributed by atoms with Crippen LogP contribution in [0, 0.1) is 0 Å². The molecule has 12 heteroatoms. The SMILES string of the molecule is CC(=O)C(Cc1ccccc1)(N=Nc1ccc(C(O)(C(F)(F)F)C(F)(F)F)cc1)C(=O)O. The molecule has 0 aliphatic heterocycles. The number of hydrogen-bond donors (Lipinski definition) is 2. The van der Waals surface area contributed by atoms with Gasteiger partial charge in [0.05, 0.1) is 5.69 Å². The Hall–Kier alpha value is -3.28. The lowest BCUT2D eigenvalue weighted by Gasteiger charge is -2.32. The molecule has 0 spiro atoms. The molecule has 2 N–H and O–H groups in total. The monoisotopic (exact) mass is 462 g/mol. The lowest BCUT2D eigenvalue weighted by atomic mass is 9.88. The molecule has 1 atom stereocenters. The smallest absolute Gasteiger partial charge is 0.430 e. The van der Waals surface area contributed by atoms with Crippen molar-refractivity contribution in [3.05, 3.63) is 65.7 Å². The zero-order valence-corrected chi connectivity index (χ0v) is 16.3. The highest BCUT2D eigenvalue weighted by Crippen LogP contribution is 2.50. The minimum absolute atomic E-state index is 0.333. The molecule has 0 saturated heterocycles. The molecule has 32 heavy (non-hydrogen) atoms. The van der Waals surface area contributed by atoms with Crippen LogP contribution in [0.2, 0.25) is 0 Å². The second kappa shape index (κ2) is 8.69. The summed E-state index contributed by atoms with van der Waals surface area (Å²) in [5.41, 5.74) is -8.90. The summed E-state index contributed by atoms with van der Waals surface area (Å²) in [6.45, 7) is 0.964. The minimum Gasteiger partial charge on any atom is -0.479 e. The summed E-state index contributed by atoms with van der Waals surface area (Å²) in [5.74, 6) is -2.53. The van der Waals surface area contributed by atoms with Crippen molar-refractivity contribution >= 4 is 17.4 Å². The van der Waals surface area contributed by atoms with Gasteiger partial charge in [-0.1, -0.05) is 42.5 Å². The fourth-order valence-corrected chi connectivity index (χ4v) is 2.79. The van der Waals surface area contributed by atoms with Gasteiger partial charge in [0.25, 0.3) is 5.60 Å². The number of ketones is 1. The number of alkyl halides is 6. The number of aliphatic hydroxyl groups is 1. The van der Waals surface area contributed by atoms with Gasteiger partial charge in [0, 0.05) is 12.0 Å². The molecule has 0 aliphatic carbocycles. The fraction of sp³-hybridized carbons (Fsp3) is 0.300. The van der Waals surface area contributed by atoms with E-state index in [4.69, 9.17) is 0 Å². The van der Waals surface area contributed by atoms with Gasteiger partial charge >= 0.3 is 18.3 Å². The van der Waals surface area contributed by atoms with Gasteiger partial charge in [-0.2, -0.15) is 36.6 Å². The predicted molar refractivity (Wildman–Crippen MR) is 98.2 cm³/mol. The lowest BCUT2D eigenvalue weighted by molar-refractivity contribution is -0.376. The van der Waals surface area contributed by atoms with E-state index >= 15 is 0 Å². The zero-order valence-electron chi connectivity index (χ0n) is 16.3. The number of carboxylic acids is 1. The third-order valence-corrected chi connectivity index (χ3v) is 4.68. The first kappa shape index (κ1) is 25.0. The first-order valence-electron chi connectivity index (χ1n) is 8.83. The number of nitrogens with zero attached hydrogens (tertiary/aromatic N) is 2. The van der Waals surface area contributed by atoms with Crippen molar-refractivity contribution in [1.82, 2.24) is 0 Å². The van der Waals surface area contributed by atoms with E-state index in [0.29, 0.717) is 29.8 Å². The molecule has 172 valence electrons. The Morgan fingerprint density at radius 2 is 1.38 bits per heavy atom. The van der Waals surface area contributed by atoms with E-state index < -0.39 is 40.8 Å². The molecule has 0 amide bonds. The average Bonchev–Trinajstić information content (AvgIpc) is 2.69. The van der Waals surface area contributed by atoms with Gasteiger partial charge in [-0.05, 0) is 24.6 Å². The molecule has 2 aromatic carbocycles. The van der Waals surface area contributed by atoms with E-state index in [9.17, 15) is 46.1 Å². The molecule has 0 heterocycles. The van der Waals surface area contributed by atoms with E-state index in [2.05, 4.69) is 10.2 Å². The number of halogens is 6. The molecule has 1 unspecified atom stereocenters. The van der Waals surface area contributed by atoms with Crippen molar-refractivity contribution in [1.29, 1.82) is 0 Å². The molecule has 2 rings (SSSR count). The largest absolute Gasteiger partial charge is 0.479 e. The van der Waals surface area contributed by atoms with E-state index in [0.717, 1.165) is 6.92 Å². The fourth-order valence-electron chi connectivity index (χ4n) is 2.79. The first-order chi connectivity index (χ1) is 14.6. The number of Topliss-reactive ketones (excluding diaryl/α,β-unsaturated/α-hetero) is 1. The summed E-state index contributed by atoms with van der Waals surface area (Å²) in [6.07, 6.45) is -12.5. The lowest BCUT2D eigenvalue weighted by Crippen LogP contribution is -2.53. The highest BCUT2D eigenvalue weighted by atomic mass is 19.4. The number of azo groups is 1. The van der Waals surface area contributed by atoms with Crippen LogP contribution < -0.4 is 0 Å². The van der Waals surface area contributed by atoms with E-state index in [-0.39, 0.29) is 12.1 Å². The molecule has 0 saturated carbocycles. The second-order valence-corrected chi connectivity index (χ2v) is 6.84. The Bertz CT molecular complexity index is 973. The third-order valence-electron chi connectivity index (χ3n) is 4.68. The molecule has 0 bridgehead atoms. The number of aliphatic carboxylic acids is 1. The van der Waals surface area contributed by atoms with Crippen molar-refractivity contribution in [3.63, 3.8) is 0 Å². The zero-order chi connectivity index (χ0) is 24.4. The molecule has 0 radical (unpaired) electrons. The summed E-state index contributed by atoms with van der Waals surface area (Å²) >= 11 is 0. The third kappa shape index (κ3) is 4.64. The predicted octanol–water partition coefficient (Wildman–Crippen LogP) is 4.74. The van der Waals surface area contributed by atoms with Gasteiger partial charge in [0.1, 0.15) is 0 Å². The average molecular weight is 462 g/mol. The standard InChI is InChI=1S/C20H16F6N2O4/c1-12(29)17(16(30)31,11-13-5-3-2-4-6-13)28-27-15-9-7-14(8-10-15)18(32,19(21,22)23)20(24,25)26/h2-10,32H,11H2,1H3,(H,30,31). The van der Waals surface area contributed by atoms with Crippen LogP contribution in [0.25, 0.3) is 0 Å². The van der Waals surface area contributed by atoms with Crippen LogP contribution in [0.4, 0.5) is 32.0 Å².